The van der Waals surface area contributed by atoms with E-state index in [0.29, 0.717) is 5.56 Å². The molecule has 0 aliphatic carbocycles. The van der Waals surface area contributed by atoms with Crippen LogP contribution in [-0.2, 0) is 16.1 Å². The molecular formula is C21H16F3NO4. The van der Waals surface area contributed by atoms with E-state index in [2.05, 4.69) is 17.2 Å². The Kier molecular flexibility index (Phi) is 7.54. The number of alkyl carbamates (subject to hydrolysis) is 1. The number of Topliss-reactive ketones (excluding diaryl/α,β-unsaturated/α-hetero) is 2. The normalized spacial score (nSPS) is 10.4. The van der Waals surface area contributed by atoms with Crippen LogP contribution in [0.3, 0.4) is 0 Å². The summed E-state index contributed by atoms with van der Waals surface area (Å²) in [5, 5.41) is 2.46. The fourth-order valence-electron chi connectivity index (χ4n) is 2.12. The number of rotatable bonds is 6. The van der Waals surface area contributed by atoms with E-state index in [9.17, 15) is 27.6 Å². The first-order valence-electron chi connectivity index (χ1n) is 8.42. The third kappa shape index (κ3) is 7.50. The predicted molar refractivity (Wildman–Crippen MR) is 98.0 cm³/mol. The van der Waals surface area contributed by atoms with Gasteiger partial charge in [-0.1, -0.05) is 54.3 Å². The number of hydrogen-bond donors (Lipinski definition) is 1. The smallest absolute Gasteiger partial charge is 0.445 e. The molecule has 0 saturated carbocycles. The highest BCUT2D eigenvalue weighted by molar-refractivity contribution is 6.09. The summed E-state index contributed by atoms with van der Waals surface area (Å²) >= 11 is 0. The van der Waals surface area contributed by atoms with Crippen molar-refractivity contribution < 1.29 is 32.3 Å². The minimum atomic E-state index is -5.03. The van der Waals surface area contributed by atoms with Gasteiger partial charge in [0.1, 0.15) is 6.61 Å². The highest BCUT2D eigenvalue weighted by atomic mass is 19.4. The molecule has 0 spiro atoms. The molecule has 8 heteroatoms. The molecule has 1 N–H and O–H groups in total. The van der Waals surface area contributed by atoms with Gasteiger partial charge >= 0.3 is 12.3 Å². The summed E-state index contributed by atoms with van der Waals surface area (Å²) in [4.78, 5) is 34.1. The van der Waals surface area contributed by atoms with Crippen molar-refractivity contribution in [2.75, 3.05) is 6.54 Å². The van der Waals surface area contributed by atoms with E-state index in [1.54, 1.807) is 0 Å². The van der Waals surface area contributed by atoms with Crippen molar-refractivity contribution in [2.45, 2.75) is 19.2 Å². The van der Waals surface area contributed by atoms with Crippen LogP contribution >= 0.6 is 0 Å². The van der Waals surface area contributed by atoms with Crippen LogP contribution < -0.4 is 5.32 Å². The van der Waals surface area contributed by atoms with Crippen molar-refractivity contribution in [1.29, 1.82) is 0 Å². The zero-order valence-corrected chi connectivity index (χ0v) is 15.1. The Balaban J connectivity index is 1.78. The summed E-state index contributed by atoms with van der Waals surface area (Å²) in [5.74, 6) is 2.40. The van der Waals surface area contributed by atoms with E-state index in [0.717, 1.165) is 5.56 Å². The van der Waals surface area contributed by atoms with Gasteiger partial charge in [-0.3, -0.25) is 9.59 Å². The SMILES string of the molecule is O=C(NCC#Cc1ccc(C(=O)CC(=O)C(F)(F)F)cc1)OCc1ccccc1. The van der Waals surface area contributed by atoms with Crippen molar-refractivity contribution in [1.82, 2.24) is 5.32 Å². The molecule has 0 fully saturated rings. The minimum Gasteiger partial charge on any atom is -0.445 e. The molecule has 2 aromatic carbocycles. The van der Waals surface area contributed by atoms with Gasteiger partial charge in [0.2, 0.25) is 5.78 Å². The summed E-state index contributed by atoms with van der Waals surface area (Å²) in [5.41, 5.74) is 1.32. The lowest BCUT2D eigenvalue weighted by molar-refractivity contribution is -0.170. The highest BCUT2D eigenvalue weighted by Gasteiger charge is 2.39. The first-order chi connectivity index (χ1) is 13.8. The van der Waals surface area contributed by atoms with Crippen LogP contribution in [0.1, 0.15) is 27.9 Å². The number of ether oxygens (including phenoxy) is 1. The molecule has 0 atom stereocenters. The second kappa shape index (κ2) is 10.1. The molecule has 0 heterocycles. The van der Waals surface area contributed by atoms with E-state index >= 15 is 0 Å². The summed E-state index contributed by atoms with van der Waals surface area (Å²) < 4.78 is 41.6. The van der Waals surface area contributed by atoms with Gasteiger partial charge in [-0.2, -0.15) is 13.2 Å². The van der Waals surface area contributed by atoms with Crippen molar-refractivity contribution in [3.8, 4) is 11.8 Å². The third-order valence-corrected chi connectivity index (χ3v) is 3.61. The molecule has 0 aliphatic heterocycles. The molecule has 2 rings (SSSR count). The fraction of sp³-hybridized carbons (Fsp3) is 0.190. The summed E-state index contributed by atoms with van der Waals surface area (Å²) in [6.45, 7) is 0.154. The third-order valence-electron chi connectivity index (χ3n) is 3.61. The van der Waals surface area contributed by atoms with Crippen LogP contribution in [0, 0.1) is 11.8 Å². The van der Waals surface area contributed by atoms with E-state index in [-0.39, 0.29) is 18.7 Å². The Bertz CT molecular complexity index is 926. The summed E-state index contributed by atoms with van der Waals surface area (Å²) in [7, 11) is 0. The van der Waals surface area contributed by atoms with Gasteiger partial charge < -0.3 is 10.1 Å². The molecule has 2 aromatic rings. The Hall–Kier alpha value is -3.60. The van der Waals surface area contributed by atoms with Crippen LogP contribution in [-0.4, -0.2) is 30.4 Å². The zero-order valence-electron chi connectivity index (χ0n) is 15.1. The lowest BCUT2D eigenvalue weighted by Gasteiger charge is -2.04. The number of halogens is 3. The summed E-state index contributed by atoms with van der Waals surface area (Å²) in [6.07, 6.45) is -6.89. The van der Waals surface area contributed by atoms with E-state index in [1.807, 2.05) is 30.3 Å². The number of carbonyl (C=O) groups excluding carboxylic acids is 3. The van der Waals surface area contributed by atoms with Gasteiger partial charge in [0.25, 0.3) is 0 Å². The summed E-state index contributed by atoms with van der Waals surface area (Å²) in [6, 6.07) is 14.6. The number of alkyl halides is 3. The second-order valence-electron chi connectivity index (χ2n) is 5.82. The number of benzene rings is 2. The average Bonchev–Trinajstić information content (AvgIpc) is 2.70. The molecule has 0 unspecified atom stereocenters. The quantitative estimate of drug-likeness (QED) is 0.454. The van der Waals surface area contributed by atoms with Crippen molar-refractivity contribution in [3.63, 3.8) is 0 Å². The van der Waals surface area contributed by atoms with E-state index in [1.165, 1.54) is 24.3 Å². The van der Waals surface area contributed by atoms with Crippen LogP contribution in [0.25, 0.3) is 0 Å². The standard InChI is InChI=1S/C21H16F3NO4/c22-21(23,24)19(27)13-18(26)17-10-8-15(9-11-17)7-4-12-25-20(28)29-14-16-5-2-1-3-6-16/h1-3,5-6,8-11H,12-14H2,(H,25,28). The van der Waals surface area contributed by atoms with Gasteiger partial charge in [0, 0.05) is 11.1 Å². The number of nitrogens with one attached hydrogen (secondary N) is 1. The lowest BCUT2D eigenvalue weighted by atomic mass is 10.0. The molecular weight excluding hydrogens is 387 g/mol. The van der Waals surface area contributed by atoms with Crippen molar-refractivity contribution in [3.05, 3.63) is 71.3 Å². The van der Waals surface area contributed by atoms with Gasteiger partial charge in [-0.15, -0.1) is 0 Å². The van der Waals surface area contributed by atoms with E-state index in [4.69, 9.17) is 4.74 Å². The molecule has 0 bridgehead atoms. The van der Waals surface area contributed by atoms with Crippen LogP contribution in [0.15, 0.2) is 54.6 Å². The Morgan fingerprint density at radius 3 is 2.24 bits per heavy atom. The second-order valence-corrected chi connectivity index (χ2v) is 5.82. The van der Waals surface area contributed by atoms with Gasteiger partial charge in [-0.25, -0.2) is 4.79 Å². The monoisotopic (exact) mass is 403 g/mol. The maximum Gasteiger partial charge on any atom is 0.450 e. The molecule has 0 radical (unpaired) electrons. The van der Waals surface area contributed by atoms with Crippen LogP contribution in [0.5, 0.6) is 0 Å². The van der Waals surface area contributed by atoms with Gasteiger partial charge in [0.15, 0.2) is 5.78 Å². The largest absolute Gasteiger partial charge is 0.450 e. The minimum absolute atomic E-state index is 0.0178. The molecule has 1 amide bonds. The first-order valence-corrected chi connectivity index (χ1v) is 8.42. The Labute approximate surface area is 164 Å². The average molecular weight is 403 g/mol. The molecule has 0 aromatic heterocycles. The fourth-order valence-corrected chi connectivity index (χ4v) is 2.12. The molecule has 29 heavy (non-hydrogen) atoms. The zero-order chi connectivity index (χ0) is 21.3. The Morgan fingerprint density at radius 1 is 0.966 bits per heavy atom. The van der Waals surface area contributed by atoms with E-state index < -0.39 is 30.3 Å². The number of hydrogen-bond acceptors (Lipinski definition) is 4. The number of amides is 1. The molecule has 0 aliphatic rings. The number of carbonyl (C=O) groups is 3. The molecule has 150 valence electrons. The lowest BCUT2D eigenvalue weighted by Crippen LogP contribution is -2.25. The molecule has 0 saturated heterocycles. The van der Waals surface area contributed by atoms with Crippen molar-refractivity contribution in [2.24, 2.45) is 0 Å². The van der Waals surface area contributed by atoms with Gasteiger partial charge in [-0.05, 0) is 17.7 Å². The van der Waals surface area contributed by atoms with Crippen LogP contribution in [0.2, 0.25) is 0 Å². The maximum atomic E-state index is 12.2. The predicted octanol–water partition coefficient (Wildman–Crippen LogP) is 3.67. The first kappa shape index (κ1) is 21.7. The van der Waals surface area contributed by atoms with Gasteiger partial charge in [0.05, 0.1) is 13.0 Å². The Morgan fingerprint density at radius 2 is 1.62 bits per heavy atom. The highest BCUT2D eigenvalue weighted by Crippen LogP contribution is 2.19. The van der Waals surface area contributed by atoms with Crippen molar-refractivity contribution >= 4 is 17.7 Å². The molecule has 5 nitrogen and oxygen atoms in total. The topological polar surface area (TPSA) is 72.5 Å². The van der Waals surface area contributed by atoms with Crippen LogP contribution in [0.4, 0.5) is 18.0 Å². The number of ketones is 2. The maximum absolute atomic E-state index is 12.2.